The van der Waals surface area contributed by atoms with Crippen molar-refractivity contribution in [2.24, 2.45) is 0 Å². The van der Waals surface area contributed by atoms with Crippen LogP contribution in [0.5, 0.6) is 11.5 Å². The summed E-state index contributed by atoms with van der Waals surface area (Å²) in [6.07, 6.45) is 0. The lowest BCUT2D eigenvalue weighted by atomic mass is 10.3. The number of para-hydroxylation sites is 1. The third-order valence-electron chi connectivity index (χ3n) is 2.10. The zero-order chi connectivity index (χ0) is 13.1. The van der Waals surface area contributed by atoms with Crippen LogP contribution in [-0.2, 0) is 4.74 Å². The van der Waals surface area contributed by atoms with Crippen LogP contribution in [0.1, 0.15) is 9.67 Å². The number of ether oxygens (including phenoxy) is 2. The van der Waals surface area contributed by atoms with Crippen molar-refractivity contribution in [3.63, 3.8) is 0 Å². The van der Waals surface area contributed by atoms with Crippen molar-refractivity contribution in [2.45, 2.75) is 0 Å². The fraction of sp³-hybridized carbons (Fsp3) is 0.0833. The number of halogens is 2. The molecule has 0 spiro atoms. The van der Waals surface area contributed by atoms with E-state index in [1.54, 1.807) is 12.1 Å². The number of carbonyl (C=O) groups excluding carboxylic acids is 1. The molecule has 0 fully saturated rings. The summed E-state index contributed by atoms with van der Waals surface area (Å²) in [6, 6.07) is 8.99. The molecule has 0 radical (unpaired) electrons. The van der Waals surface area contributed by atoms with E-state index in [-0.39, 0.29) is 15.6 Å². The van der Waals surface area contributed by atoms with Gasteiger partial charge in [-0.3, -0.25) is 0 Å². The topological polar surface area (TPSA) is 35.5 Å². The predicted octanol–water partition coefficient (Wildman–Crippen LogP) is 4.63. The number of methoxy groups -OCH3 is 1. The maximum Gasteiger partial charge on any atom is 0.352 e. The molecule has 1 aromatic carbocycles. The first-order valence-electron chi connectivity index (χ1n) is 4.92. The van der Waals surface area contributed by atoms with Crippen molar-refractivity contribution < 1.29 is 14.3 Å². The average molecular weight is 303 g/mol. The van der Waals surface area contributed by atoms with Gasteiger partial charge in [0.25, 0.3) is 0 Å². The van der Waals surface area contributed by atoms with Crippen LogP contribution in [0.15, 0.2) is 30.3 Å². The van der Waals surface area contributed by atoms with Crippen molar-refractivity contribution in [1.29, 1.82) is 0 Å². The molecule has 2 aromatic rings. The SMILES string of the molecule is COC(=O)c1sc(Cl)c(Cl)c1Oc1ccccc1. The lowest BCUT2D eigenvalue weighted by molar-refractivity contribution is 0.0604. The normalized spacial score (nSPS) is 10.2. The van der Waals surface area contributed by atoms with Crippen LogP contribution in [-0.4, -0.2) is 13.1 Å². The summed E-state index contributed by atoms with van der Waals surface area (Å²) in [6.45, 7) is 0. The second kappa shape index (κ2) is 5.61. The number of hydrogen-bond acceptors (Lipinski definition) is 4. The maximum atomic E-state index is 11.6. The Balaban J connectivity index is 2.40. The molecule has 0 aliphatic rings. The van der Waals surface area contributed by atoms with Gasteiger partial charge in [0, 0.05) is 0 Å². The van der Waals surface area contributed by atoms with E-state index in [0.29, 0.717) is 10.1 Å². The zero-order valence-electron chi connectivity index (χ0n) is 9.28. The van der Waals surface area contributed by atoms with Gasteiger partial charge in [-0.2, -0.15) is 0 Å². The Labute approximate surface area is 118 Å². The number of rotatable bonds is 3. The van der Waals surface area contributed by atoms with Crippen molar-refractivity contribution in [3.05, 3.63) is 44.6 Å². The first-order valence-corrected chi connectivity index (χ1v) is 6.49. The molecule has 0 aliphatic heterocycles. The van der Waals surface area contributed by atoms with Gasteiger partial charge in [0.1, 0.15) is 15.1 Å². The summed E-state index contributed by atoms with van der Waals surface area (Å²) in [5, 5.41) is 0.214. The molecule has 2 rings (SSSR count). The lowest BCUT2D eigenvalue weighted by Gasteiger charge is -2.06. The van der Waals surface area contributed by atoms with E-state index in [0.717, 1.165) is 11.3 Å². The standard InChI is InChI=1S/C12H8Cl2O3S/c1-16-12(15)10-9(8(13)11(14)18-10)17-7-5-3-2-4-6-7/h2-6H,1H3. The summed E-state index contributed by atoms with van der Waals surface area (Å²) in [7, 11) is 1.29. The highest BCUT2D eigenvalue weighted by molar-refractivity contribution is 7.19. The van der Waals surface area contributed by atoms with Crippen molar-refractivity contribution in [3.8, 4) is 11.5 Å². The monoisotopic (exact) mass is 302 g/mol. The predicted molar refractivity (Wildman–Crippen MR) is 72.2 cm³/mol. The summed E-state index contributed by atoms with van der Waals surface area (Å²) < 4.78 is 10.5. The van der Waals surface area contributed by atoms with Crippen LogP contribution < -0.4 is 4.74 Å². The van der Waals surface area contributed by atoms with Gasteiger partial charge >= 0.3 is 5.97 Å². The molecule has 0 unspecified atom stereocenters. The minimum absolute atomic E-state index is 0.214. The Morgan fingerprint density at radius 1 is 1.22 bits per heavy atom. The molecule has 0 N–H and O–H groups in total. The van der Waals surface area contributed by atoms with Crippen molar-refractivity contribution in [2.75, 3.05) is 7.11 Å². The Morgan fingerprint density at radius 3 is 2.50 bits per heavy atom. The van der Waals surface area contributed by atoms with Gasteiger partial charge in [-0.25, -0.2) is 4.79 Å². The molecule has 94 valence electrons. The highest BCUT2D eigenvalue weighted by Crippen LogP contribution is 2.44. The fourth-order valence-electron chi connectivity index (χ4n) is 1.29. The Morgan fingerprint density at radius 2 is 1.89 bits per heavy atom. The molecule has 1 aromatic heterocycles. The van der Waals surface area contributed by atoms with Crippen LogP contribution in [0.4, 0.5) is 0 Å². The average Bonchev–Trinajstić information content (AvgIpc) is 2.67. The van der Waals surface area contributed by atoms with Gasteiger partial charge < -0.3 is 9.47 Å². The van der Waals surface area contributed by atoms with Gasteiger partial charge in [0.05, 0.1) is 7.11 Å². The third kappa shape index (κ3) is 2.61. The van der Waals surface area contributed by atoms with Gasteiger partial charge in [0.15, 0.2) is 10.6 Å². The van der Waals surface area contributed by atoms with Gasteiger partial charge in [0.2, 0.25) is 0 Å². The number of carbonyl (C=O) groups is 1. The minimum Gasteiger partial charge on any atom is -0.465 e. The molecule has 0 saturated heterocycles. The largest absolute Gasteiger partial charge is 0.465 e. The molecule has 0 amide bonds. The summed E-state index contributed by atoms with van der Waals surface area (Å²) in [5.41, 5.74) is 0. The second-order valence-electron chi connectivity index (χ2n) is 3.25. The van der Waals surface area contributed by atoms with E-state index in [2.05, 4.69) is 4.74 Å². The number of thiophene rings is 1. The first-order chi connectivity index (χ1) is 8.63. The molecular weight excluding hydrogens is 295 g/mol. The van der Waals surface area contributed by atoms with Gasteiger partial charge in [-0.05, 0) is 12.1 Å². The number of esters is 1. The highest BCUT2D eigenvalue weighted by Gasteiger charge is 2.23. The molecule has 0 atom stereocenters. The number of benzene rings is 1. The van der Waals surface area contributed by atoms with Crippen LogP contribution in [0, 0.1) is 0 Å². The van der Waals surface area contributed by atoms with Crippen LogP contribution >= 0.6 is 34.5 Å². The van der Waals surface area contributed by atoms with E-state index < -0.39 is 5.97 Å². The molecule has 3 nitrogen and oxygen atoms in total. The first kappa shape index (κ1) is 13.2. The highest BCUT2D eigenvalue weighted by atomic mass is 35.5. The second-order valence-corrected chi connectivity index (χ2v) is 5.26. The van der Waals surface area contributed by atoms with Crippen LogP contribution in [0.2, 0.25) is 9.36 Å². The summed E-state index contributed by atoms with van der Waals surface area (Å²) in [4.78, 5) is 11.8. The molecular formula is C12H8Cl2O3S. The van der Waals surface area contributed by atoms with Crippen molar-refractivity contribution >= 4 is 40.5 Å². The Kier molecular flexibility index (Phi) is 4.11. The third-order valence-corrected chi connectivity index (χ3v) is 4.03. The van der Waals surface area contributed by atoms with Crippen LogP contribution in [0.3, 0.4) is 0 Å². The smallest absolute Gasteiger partial charge is 0.352 e. The molecule has 0 bridgehead atoms. The molecule has 6 heteroatoms. The van der Waals surface area contributed by atoms with Crippen molar-refractivity contribution in [1.82, 2.24) is 0 Å². The fourth-order valence-corrected chi connectivity index (χ4v) is 2.68. The molecule has 1 heterocycles. The van der Waals surface area contributed by atoms with Crippen LogP contribution in [0.25, 0.3) is 0 Å². The van der Waals surface area contributed by atoms with E-state index in [9.17, 15) is 4.79 Å². The molecule has 0 saturated carbocycles. The summed E-state index contributed by atoms with van der Waals surface area (Å²) >= 11 is 12.9. The summed E-state index contributed by atoms with van der Waals surface area (Å²) in [5.74, 6) is 0.267. The van der Waals surface area contributed by atoms with E-state index in [1.807, 2.05) is 18.2 Å². The van der Waals surface area contributed by atoms with Gasteiger partial charge in [-0.15, -0.1) is 11.3 Å². The molecule has 18 heavy (non-hydrogen) atoms. The zero-order valence-corrected chi connectivity index (χ0v) is 11.6. The molecule has 0 aliphatic carbocycles. The van der Waals surface area contributed by atoms with E-state index >= 15 is 0 Å². The maximum absolute atomic E-state index is 11.6. The number of hydrogen-bond donors (Lipinski definition) is 0. The minimum atomic E-state index is -0.528. The lowest BCUT2D eigenvalue weighted by Crippen LogP contribution is -2.00. The van der Waals surface area contributed by atoms with E-state index in [1.165, 1.54) is 7.11 Å². The quantitative estimate of drug-likeness (QED) is 0.775. The Hall–Kier alpha value is -1.23. The Bertz CT molecular complexity index is 566. The van der Waals surface area contributed by atoms with Gasteiger partial charge in [-0.1, -0.05) is 41.4 Å². The van der Waals surface area contributed by atoms with E-state index in [4.69, 9.17) is 27.9 Å².